The van der Waals surface area contributed by atoms with E-state index in [0.717, 1.165) is 6.42 Å². The van der Waals surface area contributed by atoms with Crippen LogP contribution >= 0.6 is 0 Å². The Morgan fingerprint density at radius 1 is 1.41 bits per heavy atom. The maximum atomic E-state index is 12.1. The van der Waals surface area contributed by atoms with Crippen LogP contribution in [0.15, 0.2) is 0 Å². The Balaban J connectivity index is 2.30. The molecule has 0 radical (unpaired) electrons. The number of hydrogen-bond acceptors (Lipinski definition) is 5. The number of sulfone groups is 1. The predicted octanol–water partition coefficient (Wildman–Crippen LogP) is 0.103. The van der Waals surface area contributed by atoms with Crippen molar-refractivity contribution in [3.8, 4) is 0 Å². The van der Waals surface area contributed by atoms with E-state index in [1.54, 1.807) is 0 Å². The molecule has 3 atom stereocenters. The molecule has 1 N–H and O–H groups in total. The summed E-state index contributed by atoms with van der Waals surface area (Å²) in [5.74, 6) is -0.633. The molecule has 0 bridgehead atoms. The van der Waals surface area contributed by atoms with Crippen LogP contribution in [0.2, 0.25) is 0 Å². The van der Waals surface area contributed by atoms with Crippen molar-refractivity contribution in [3.05, 3.63) is 0 Å². The van der Waals surface area contributed by atoms with E-state index >= 15 is 0 Å². The molecule has 3 unspecified atom stereocenters. The van der Waals surface area contributed by atoms with Gasteiger partial charge in [-0.2, -0.15) is 0 Å². The third-order valence-corrected chi connectivity index (χ3v) is 6.24. The number of nitrogens with one attached hydrogen (secondary N) is 1. The lowest BCUT2D eigenvalue weighted by atomic mass is 9.87. The first-order chi connectivity index (χ1) is 7.78. The van der Waals surface area contributed by atoms with Crippen LogP contribution in [-0.2, 0) is 19.4 Å². The van der Waals surface area contributed by atoms with Crippen LogP contribution in [0.4, 0.5) is 0 Å². The number of carbonyl (C=O) groups excluding carboxylic acids is 1. The van der Waals surface area contributed by atoms with E-state index in [1.165, 1.54) is 7.11 Å². The maximum absolute atomic E-state index is 12.1. The van der Waals surface area contributed by atoms with Crippen molar-refractivity contribution in [3.63, 3.8) is 0 Å². The third kappa shape index (κ3) is 2.08. The lowest BCUT2D eigenvalue weighted by Crippen LogP contribution is -2.61. The van der Waals surface area contributed by atoms with Crippen LogP contribution < -0.4 is 5.32 Å². The summed E-state index contributed by atoms with van der Waals surface area (Å²) < 4.78 is 28.9. The summed E-state index contributed by atoms with van der Waals surface area (Å²) >= 11 is 0. The molecule has 0 aromatic heterocycles. The SMILES string of the molecule is COC(=O)C1CS(=O)(=O)C2CCC(C)(C)C2N1. The van der Waals surface area contributed by atoms with Crippen molar-refractivity contribution in [1.82, 2.24) is 5.32 Å². The van der Waals surface area contributed by atoms with Crippen LogP contribution in [-0.4, -0.2) is 44.6 Å². The van der Waals surface area contributed by atoms with E-state index in [-0.39, 0.29) is 22.5 Å². The summed E-state index contributed by atoms with van der Waals surface area (Å²) in [5.41, 5.74) is -0.0928. The van der Waals surface area contributed by atoms with Crippen molar-refractivity contribution >= 4 is 15.8 Å². The van der Waals surface area contributed by atoms with Gasteiger partial charge >= 0.3 is 5.97 Å². The highest BCUT2D eigenvalue weighted by Crippen LogP contribution is 2.42. The van der Waals surface area contributed by atoms with Crippen LogP contribution in [0.25, 0.3) is 0 Å². The van der Waals surface area contributed by atoms with Crippen LogP contribution in [0.5, 0.6) is 0 Å². The zero-order valence-electron chi connectivity index (χ0n) is 10.4. The minimum absolute atomic E-state index is 0.0928. The molecule has 1 saturated carbocycles. The quantitative estimate of drug-likeness (QED) is 0.678. The average molecular weight is 261 g/mol. The Bertz CT molecular complexity index is 429. The lowest BCUT2D eigenvalue weighted by Gasteiger charge is -2.38. The van der Waals surface area contributed by atoms with Gasteiger partial charge in [0.2, 0.25) is 0 Å². The fourth-order valence-corrected chi connectivity index (χ4v) is 5.24. The van der Waals surface area contributed by atoms with E-state index in [4.69, 9.17) is 0 Å². The number of rotatable bonds is 1. The van der Waals surface area contributed by atoms with Gasteiger partial charge in [0.25, 0.3) is 0 Å². The minimum Gasteiger partial charge on any atom is -0.468 e. The summed E-state index contributed by atoms with van der Waals surface area (Å²) in [6.45, 7) is 4.08. The summed E-state index contributed by atoms with van der Waals surface area (Å²) in [7, 11) is -1.92. The summed E-state index contributed by atoms with van der Waals surface area (Å²) in [4.78, 5) is 11.5. The number of fused-ring (bicyclic) bond motifs is 1. The molecule has 0 aromatic rings. The molecule has 2 aliphatic rings. The second-order valence-electron chi connectivity index (χ2n) is 5.62. The van der Waals surface area contributed by atoms with Crippen molar-refractivity contribution in [1.29, 1.82) is 0 Å². The molecule has 0 amide bonds. The minimum atomic E-state index is -3.20. The second-order valence-corrected chi connectivity index (χ2v) is 7.88. The first-order valence-electron chi connectivity index (χ1n) is 5.83. The van der Waals surface area contributed by atoms with Crippen LogP contribution in [0.1, 0.15) is 26.7 Å². The number of carbonyl (C=O) groups is 1. The molecule has 1 heterocycles. The van der Waals surface area contributed by atoms with E-state index < -0.39 is 21.8 Å². The van der Waals surface area contributed by atoms with E-state index in [1.807, 2.05) is 13.8 Å². The molecule has 5 nitrogen and oxygen atoms in total. The number of methoxy groups -OCH3 is 1. The molecule has 2 rings (SSSR count). The molecule has 2 fully saturated rings. The fraction of sp³-hybridized carbons (Fsp3) is 0.909. The van der Waals surface area contributed by atoms with Gasteiger partial charge in [-0.3, -0.25) is 10.1 Å². The highest BCUT2D eigenvalue weighted by Gasteiger charge is 2.53. The van der Waals surface area contributed by atoms with Crippen molar-refractivity contribution < 1.29 is 17.9 Å². The van der Waals surface area contributed by atoms with Gasteiger partial charge < -0.3 is 4.74 Å². The van der Waals surface area contributed by atoms with Gasteiger partial charge in [0.1, 0.15) is 6.04 Å². The first-order valence-corrected chi connectivity index (χ1v) is 7.55. The Labute approximate surface area is 102 Å². The number of hydrogen-bond donors (Lipinski definition) is 1. The van der Waals surface area contributed by atoms with Crippen molar-refractivity contribution in [2.24, 2.45) is 5.41 Å². The monoisotopic (exact) mass is 261 g/mol. The van der Waals surface area contributed by atoms with Gasteiger partial charge in [-0.05, 0) is 18.3 Å². The zero-order valence-corrected chi connectivity index (χ0v) is 11.2. The summed E-state index contributed by atoms with van der Waals surface area (Å²) in [6, 6.07) is -0.867. The van der Waals surface area contributed by atoms with E-state index in [2.05, 4.69) is 10.1 Å². The van der Waals surface area contributed by atoms with Gasteiger partial charge in [0.15, 0.2) is 9.84 Å². The molecule has 6 heteroatoms. The number of esters is 1. The van der Waals surface area contributed by atoms with Crippen molar-refractivity contribution in [2.45, 2.75) is 44.0 Å². The van der Waals surface area contributed by atoms with Gasteiger partial charge in [-0.1, -0.05) is 13.8 Å². The topological polar surface area (TPSA) is 72.5 Å². The standard InChI is InChI=1S/C11H19NO4S/c1-11(2)5-4-8-9(11)12-7(10(13)16-3)6-17(8,14)15/h7-9,12H,4-6H2,1-3H3. The Morgan fingerprint density at radius 3 is 2.65 bits per heavy atom. The second kappa shape index (κ2) is 3.95. The highest BCUT2D eigenvalue weighted by molar-refractivity contribution is 7.92. The predicted molar refractivity (Wildman–Crippen MR) is 63.3 cm³/mol. The maximum Gasteiger partial charge on any atom is 0.323 e. The van der Waals surface area contributed by atoms with Crippen LogP contribution in [0.3, 0.4) is 0 Å². The third-order valence-electron chi connectivity index (χ3n) is 4.01. The molecule has 98 valence electrons. The van der Waals surface area contributed by atoms with Gasteiger partial charge in [-0.15, -0.1) is 0 Å². The van der Waals surface area contributed by atoms with Gasteiger partial charge in [0, 0.05) is 6.04 Å². The average Bonchev–Trinajstić information content (AvgIpc) is 2.53. The summed E-state index contributed by atoms with van der Waals surface area (Å²) in [5, 5.41) is 2.81. The Hall–Kier alpha value is -0.620. The Kier molecular flexibility index (Phi) is 2.98. The smallest absolute Gasteiger partial charge is 0.323 e. The van der Waals surface area contributed by atoms with Gasteiger partial charge in [-0.25, -0.2) is 8.42 Å². The van der Waals surface area contributed by atoms with E-state index in [9.17, 15) is 13.2 Å². The Morgan fingerprint density at radius 2 is 2.06 bits per heavy atom. The zero-order chi connectivity index (χ0) is 12.8. The molecular formula is C11H19NO4S. The molecule has 1 saturated heterocycles. The molecule has 0 spiro atoms. The fourth-order valence-electron chi connectivity index (χ4n) is 2.96. The van der Waals surface area contributed by atoms with Gasteiger partial charge in [0.05, 0.1) is 18.1 Å². The first kappa shape index (κ1) is 12.8. The normalized spacial score (nSPS) is 38.4. The molecule has 1 aliphatic carbocycles. The van der Waals surface area contributed by atoms with Crippen molar-refractivity contribution in [2.75, 3.05) is 12.9 Å². The molecular weight excluding hydrogens is 242 g/mol. The largest absolute Gasteiger partial charge is 0.468 e. The van der Waals surface area contributed by atoms with Crippen LogP contribution in [0, 0.1) is 5.41 Å². The summed E-state index contributed by atoms with van der Waals surface area (Å²) in [6.07, 6.45) is 1.54. The lowest BCUT2D eigenvalue weighted by molar-refractivity contribution is -0.143. The molecule has 1 aliphatic heterocycles. The number of ether oxygens (including phenoxy) is 1. The van der Waals surface area contributed by atoms with E-state index in [0.29, 0.717) is 6.42 Å². The molecule has 0 aromatic carbocycles. The molecule has 17 heavy (non-hydrogen) atoms. The highest BCUT2D eigenvalue weighted by atomic mass is 32.2.